The normalized spacial score (nSPS) is 21.2. The van der Waals surface area contributed by atoms with Gasteiger partial charge in [-0.15, -0.1) is 0 Å². The summed E-state index contributed by atoms with van der Waals surface area (Å²) in [4.78, 5) is 11.6. The molecule has 1 aromatic heterocycles. The van der Waals surface area contributed by atoms with Gasteiger partial charge in [-0.05, 0) is 31.4 Å². The van der Waals surface area contributed by atoms with E-state index in [1.807, 2.05) is 12.1 Å². The Kier molecular flexibility index (Phi) is 3.82. The van der Waals surface area contributed by atoms with Crippen LogP contribution < -0.4 is 10.6 Å². The third-order valence-electron chi connectivity index (χ3n) is 2.69. The maximum Gasteiger partial charge on any atom is 0.237 e. The lowest BCUT2D eigenvalue weighted by atomic mass is 10.1. The molecule has 0 saturated carbocycles. The SMILES string of the molecule is O=C1NCCCCC1NCc1cccnn1. The maximum atomic E-state index is 11.6. The number of nitrogens with one attached hydrogen (secondary N) is 2. The van der Waals surface area contributed by atoms with E-state index in [9.17, 15) is 4.79 Å². The topological polar surface area (TPSA) is 66.9 Å². The van der Waals surface area contributed by atoms with Gasteiger partial charge in [0.15, 0.2) is 0 Å². The van der Waals surface area contributed by atoms with Crippen LogP contribution in [0.25, 0.3) is 0 Å². The minimum atomic E-state index is -0.0930. The molecule has 1 atom stereocenters. The summed E-state index contributed by atoms with van der Waals surface area (Å²) in [7, 11) is 0. The van der Waals surface area contributed by atoms with Gasteiger partial charge in [0.25, 0.3) is 0 Å². The second-order valence-electron chi connectivity index (χ2n) is 3.94. The summed E-state index contributed by atoms with van der Waals surface area (Å²) in [6, 6.07) is 3.65. The van der Waals surface area contributed by atoms with E-state index in [1.54, 1.807) is 6.20 Å². The standard InChI is InChI=1S/C11H16N4O/c16-11-10(5-1-2-6-12-11)13-8-9-4-3-7-14-15-9/h3-4,7,10,13H,1-2,5-6,8H2,(H,12,16). The molecule has 1 aromatic rings. The van der Waals surface area contributed by atoms with Crippen LogP contribution in [0.15, 0.2) is 18.3 Å². The summed E-state index contributed by atoms with van der Waals surface area (Å²) < 4.78 is 0. The average molecular weight is 220 g/mol. The van der Waals surface area contributed by atoms with E-state index in [1.165, 1.54) is 0 Å². The number of amides is 1. The highest BCUT2D eigenvalue weighted by molar-refractivity contribution is 5.81. The number of hydrogen-bond acceptors (Lipinski definition) is 4. The van der Waals surface area contributed by atoms with Crippen LogP contribution in [0.3, 0.4) is 0 Å². The van der Waals surface area contributed by atoms with Crippen molar-refractivity contribution in [2.24, 2.45) is 0 Å². The molecule has 1 fully saturated rings. The second kappa shape index (κ2) is 5.55. The fraction of sp³-hybridized carbons (Fsp3) is 0.545. The van der Waals surface area contributed by atoms with Crippen LogP contribution in [0, 0.1) is 0 Å². The molecule has 86 valence electrons. The first-order chi connectivity index (χ1) is 7.86. The average Bonchev–Trinajstić information content (AvgIpc) is 2.53. The Hall–Kier alpha value is -1.49. The molecule has 0 aliphatic carbocycles. The highest BCUT2D eigenvalue weighted by Crippen LogP contribution is 2.05. The van der Waals surface area contributed by atoms with Crippen LogP contribution in [0.5, 0.6) is 0 Å². The molecule has 0 aromatic carbocycles. The fourth-order valence-corrected chi connectivity index (χ4v) is 1.79. The molecule has 1 aliphatic rings. The Morgan fingerprint density at radius 2 is 2.44 bits per heavy atom. The zero-order valence-corrected chi connectivity index (χ0v) is 9.15. The summed E-state index contributed by atoms with van der Waals surface area (Å²) in [6.45, 7) is 1.38. The van der Waals surface area contributed by atoms with Gasteiger partial charge in [0, 0.05) is 19.3 Å². The van der Waals surface area contributed by atoms with Crippen molar-refractivity contribution in [2.45, 2.75) is 31.8 Å². The number of nitrogens with zero attached hydrogens (tertiary/aromatic N) is 2. The number of carbonyl (C=O) groups excluding carboxylic acids is 1. The van der Waals surface area contributed by atoms with E-state index in [0.29, 0.717) is 6.54 Å². The van der Waals surface area contributed by atoms with Gasteiger partial charge in [0.1, 0.15) is 0 Å². The van der Waals surface area contributed by atoms with Crippen LogP contribution in [0.2, 0.25) is 0 Å². The van der Waals surface area contributed by atoms with E-state index >= 15 is 0 Å². The van der Waals surface area contributed by atoms with Gasteiger partial charge in [0.05, 0.1) is 11.7 Å². The Morgan fingerprint density at radius 3 is 3.25 bits per heavy atom. The molecule has 1 aliphatic heterocycles. The second-order valence-corrected chi connectivity index (χ2v) is 3.94. The molecule has 1 amide bonds. The predicted octanol–water partition coefficient (Wildman–Crippen LogP) is 0.235. The van der Waals surface area contributed by atoms with Crippen molar-refractivity contribution >= 4 is 5.91 Å². The smallest absolute Gasteiger partial charge is 0.237 e. The number of carbonyl (C=O) groups is 1. The third-order valence-corrected chi connectivity index (χ3v) is 2.69. The summed E-state index contributed by atoms with van der Waals surface area (Å²) >= 11 is 0. The molecule has 2 rings (SSSR count). The lowest BCUT2D eigenvalue weighted by molar-refractivity contribution is -0.122. The lowest BCUT2D eigenvalue weighted by Crippen LogP contribution is -2.42. The monoisotopic (exact) mass is 220 g/mol. The molecular weight excluding hydrogens is 204 g/mol. The Bertz CT molecular complexity index is 341. The molecule has 16 heavy (non-hydrogen) atoms. The largest absolute Gasteiger partial charge is 0.355 e. The van der Waals surface area contributed by atoms with Gasteiger partial charge in [-0.2, -0.15) is 10.2 Å². The molecule has 5 heteroatoms. The van der Waals surface area contributed by atoms with Gasteiger partial charge in [-0.25, -0.2) is 0 Å². The minimum Gasteiger partial charge on any atom is -0.355 e. The number of hydrogen-bond donors (Lipinski definition) is 2. The quantitative estimate of drug-likeness (QED) is 0.765. The van der Waals surface area contributed by atoms with Crippen molar-refractivity contribution in [1.29, 1.82) is 0 Å². The molecule has 5 nitrogen and oxygen atoms in total. The Balaban J connectivity index is 1.86. The number of rotatable bonds is 3. The molecule has 0 spiro atoms. The van der Waals surface area contributed by atoms with Crippen LogP contribution in [-0.4, -0.2) is 28.7 Å². The molecule has 2 N–H and O–H groups in total. The molecule has 2 heterocycles. The first-order valence-corrected chi connectivity index (χ1v) is 5.64. The van der Waals surface area contributed by atoms with Gasteiger partial charge in [0.2, 0.25) is 5.91 Å². The van der Waals surface area contributed by atoms with E-state index in [2.05, 4.69) is 20.8 Å². The van der Waals surface area contributed by atoms with Crippen molar-refractivity contribution in [3.63, 3.8) is 0 Å². The van der Waals surface area contributed by atoms with E-state index in [4.69, 9.17) is 0 Å². The van der Waals surface area contributed by atoms with Crippen molar-refractivity contribution in [2.75, 3.05) is 6.54 Å². The molecule has 1 saturated heterocycles. The van der Waals surface area contributed by atoms with Crippen LogP contribution in [-0.2, 0) is 11.3 Å². The highest BCUT2D eigenvalue weighted by Gasteiger charge is 2.19. The summed E-state index contributed by atoms with van der Waals surface area (Å²) in [5.74, 6) is 0.0985. The van der Waals surface area contributed by atoms with Gasteiger partial charge in [-0.1, -0.05) is 0 Å². The van der Waals surface area contributed by atoms with E-state index in [-0.39, 0.29) is 11.9 Å². The first-order valence-electron chi connectivity index (χ1n) is 5.64. The fourth-order valence-electron chi connectivity index (χ4n) is 1.79. The molecule has 1 unspecified atom stereocenters. The summed E-state index contributed by atoms with van der Waals surface area (Å²) in [5, 5.41) is 13.9. The Morgan fingerprint density at radius 1 is 1.50 bits per heavy atom. The van der Waals surface area contributed by atoms with Gasteiger partial charge >= 0.3 is 0 Å². The van der Waals surface area contributed by atoms with Gasteiger partial charge < -0.3 is 10.6 Å². The predicted molar refractivity (Wildman–Crippen MR) is 59.5 cm³/mol. The third kappa shape index (κ3) is 3.00. The Labute approximate surface area is 94.6 Å². The minimum absolute atomic E-state index is 0.0930. The zero-order chi connectivity index (χ0) is 11.2. The zero-order valence-electron chi connectivity index (χ0n) is 9.15. The van der Waals surface area contributed by atoms with E-state index < -0.39 is 0 Å². The molecule has 0 bridgehead atoms. The van der Waals surface area contributed by atoms with Crippen molar-refractivity contribution in [3.8, 4) is 0 Å². The lowest BCUT2D eigenvalue weighted by Gasteiger charge is -2.14. The van der Waals surface area contributed by atoms with Crippen molar-refractivity contribution in [1.82, 2.24) is 20.8 Å². The van der Waals surface area contributed by atoms with Crippen molar-refractivity contribution < 1.29 is 4.79 Å². The summed E-state index contributed by atoms with van der Waals surface area (Å²) in [5.41, 5.74) is 0.861. The van der Waals surface area contributed by atoms with Crippen molar-refractivity contribution in [3.05, 3.63) is 24.0 Å². The van der Waals surface area contributed by atoms with Crippen LogP contribution >= 0.6 is 0 Å². The highest BCUT2D eigenvalue weighted by atomic mass is 16.2. The molecule has 0 radical (unpaired) electrons. The first kappa shape index (κ1) is 11.0. The molecular formula is C11H16N4O. The van der Waals surface area contributed by atoms with Crippen LogP contribution in [0.4, 0.5) is 0 Å². The number of aromatic nitrogens is 2. The summed E-state index contributed by atoms with van der Waals surface area (Å²) in [6.07, 6.45) is 4.68. The van der Waals surface area contributed by atoms with Gasteiger partial charge in [-0.3, -0.25) is 4.79 Å². The van der Waals surface area contributed by atoms with E-state index in [0.717, 1.165) is 31.5 Å². The van der Waals surface area contributed by atoms with Crippen LogP contribution in [0.1, 0.15) is 25.0 Å². The maximum absolute atomic E-state index is 11.6.